The van der Waals surface area contributed by atoms with Crippen LogP contribution in [0.5, 0.6) is 0 Å². The molecule has 4 aromatic rings. The van der Waals surface area contributed by atoms with Crippen molar-refractivity contribution in [3.05, 3.63) is 102 Å². The van der Waals surface area contributed by atoms with E-state index < -0.39 is 5.25 Å². The van der Waals surface area contributed by atoms with Crippen LogP contribution >= 0.6 is 11.8 Å². The number of imide groups is 1. The van der Waals surface area contributed by atoms with Crippen LogP contribution in [-0.4, -0.2) is 22.0 Å². The Bertz CT molecular complexity index is 1450. The van der Waals surface area contributed by atoms with Crippen LogP contribution in [0.3, 0.4) is 0 Å². The summed E-state index contributed by atoms with van der Waals surface area (Å²) in [6.07, 6.45) is 0.0557. The van der Waals surface area contributed by atoms with Gasteiger partial charge in [0.2, 0.25) is 11.8 Å². The van der Waals surface area contributed by atoms with Crippen molar-refractivity contribution in [1.29, 1.82) is 5.26 Å². The van der Waals surface area contributed by atoms with Gasteiger partial charge in [-0.05, 0) is 30.7 Å². The Hall–Kier alpha value is -4.21. The lowest BCUT2D eigenvalue weighted by Gasteiger charge is -2.16. The highest BCUT2D eigenvalue weighted by atomic mass is 32.2. The fraction of sp³-hybridized carbons (Fsp3) is 0.103. The number of nitriles is 1. The highest BCUT2D eigenvalue weighted by molar-refractivity contribution is 8.00. The molecular weight excluding hydrogens is 454 g/mol. The maximum Gasteiger partial charge on any atom is 0.247 e. The summed E-state index contributed by atoms with van der Waals surface area (Å²) >= 11 is 1.19. The molecule has 5 rings (SSSR count). The first-order valence-corrected chi connectivity index (χ1v) is 12.1. The van der Waals surface area contributed by atoms with Crippen molar-refractivity contribution in [1.82, 2.24) is 4.98 Å². The average molecular weight is 476 g/mol. The Balaban J connectivity index is 1.56. The minimum atomic E-state index is -0.655. The van der Waals surface area contributed by atoms with Gasteiger partial charge < -0.3 is 0 Å². The van der Waals surface area contributed by atoms with Crippen LogP contribution in [-0.2, 0) is 9.59 Å². The van der Waals surface area contributed by atoms with Gasteiger partial charge in [0, 0.05) is 17.5 Å². The van der Waals surface area contributed by atoms with Crippen LogP contribution in [0, 0.1) is 18.3 Å². The summed E-state index contributed by atoms with van der Waals surface area (Å²) in [5, 5.41) is 9.90. The van der Waals surface area contributed by atoms with Crippen molar-refractivity contribution >= 4 is 29.3 Å². The SMILES string of the molecule is Cc1ccc(N2C(=O)CC(Sc3nc(-c4ccccc4)cc(-c4ccccc4)c3C#N)C2=O)cc1. The van der Waals surface area contributed by atoms with Crippen molar-refractivity contribution in [2.75, 3.05) is 4.90 Å². The van der Waals surface area contributed by atoms with Gasteiger partial charge in [0.1, 0.15) is 11.1 Å². The first-order valence-electron chi connectivity index (χ1n) is 11.2. The number of carbonyl (C=O) groups excluding carboxylic acids is 2. The molecule has 1 aliphatic heterocycles. The van der Waals surface area contributed by atoms with Crippen molar-refractivity contribution in [3.63, 3.8) is 0 Å². The molecule has 1 unspecified atom stereocenters. The van der Waals surface area contributed by atoms with E-state index in [1.807, 2.05) is 85.8 Å². The number of aromatic nitrogens is 1. The highest BCUT2D eigenvalue weighted by Crippen LogP contribution is 2.39. The topological polar surface area (TPSA) is 74.1 Å². The van der Waals surface area contributed by atoms with E-state index >= 15 is 0 Å². The third-order valence-electron chi connectivity index (χ3n) is 5.90. The van der Waals surface area contributed by atoms with E-state index in [4.69, 9.17) is 4.98 Å². The largest absolute Gasteiger partial charge is 0.274 e. The van der Waals surface area contributed by atoms with Gasteiger partial charge in [0.25, 0.3) is 0 Å². The van der Waals surface area contributed by atoms with E-state index in [1.54, 1.807) is 12.1 Å². The molecule has 1 aliphatic rings. The molecule has 35 heavy (non-hydrogen) atoms. The number of rotatable bonds is 5. The monoisotopic (exact) mass is 475 g/mol. The molecule has 1 fully saturated rings. The summed E-state index contributed by atoms with van der Waals surface area (Å²) in [5.41, 5.74) is 5.26. The highest BCUT2D eigenvalue weighted by Gasteiger charge is 2.41. The molecule has 1 saturated heterocycles. The molecule has 0 aliphatic carbocycles. The van der Waals surface area contributed by atoms with Crippen molar-refractivity contribution in [2.24, 2.45) is 0 Å². The van der Waals surface area contributed by atoms with Crippen molar-refractivity contribution < 1.29 is 9.59 Å². The number of aryl methyl sites for hydroxylation is 1. The summed E-state index contributed by atoms with van der Waals surface area (Å²) < 4.78 is 0. The molecular formula is C29H21N3O2S. The number of anilines is 1. The maximum absolute atomic E-state index is 13.3. The number of amides is 2. The number of pyridine rings is 1. The van der Waals surface area contributed by atoms with E-state index in [-0.39, 0.29) is 18.2 Å². The first kappa shape index (κ1) is 22.6. The zero-order valence-corrected chi connectivity index (χ0v) is 19.8. The van der Waals surface area contributed by atoms with Crippen LogP contribution in [0.4, 0.5) is 5.69 Å². The maximum atomic E-state index is 13.3. The molecule has 0 N–H and O–H groups in total. The van der Waals surface area contributed by atoms with E-state index in [2.05, 4.69) is 6.07 Å². The lowest BCUT2D eigenvalue weighted by atomic mass is 9.99. The molecule has 170 valence electrons. The third-order valence-corrected chi connectivity index (χ3v) is 7.08. The first-order chi connectivity index (χ1) is 17.0. The molecule has 3 aromatic carbocycles. The second-order valence-corrected chi connectivity index (χ2v) is 9.48. The van der Waals surface area contributed by atoms with Gasteiger partial charge >= 0.3 is 0 Å². The van der Waals surface area contributed by atoms with Gasteiger partial charge in [0.15, 0.2) is 0 Å². The second kappa shape index (κ2) is 9.57. The molecule has 6 heteroatoms. The number of nitrogens with zero attached hydrogens (tertiary/aromatic N) is 3. The zero-order valence-electron chi connectivity index (χ0n) is 19.0. The lowest BCUT2D eigenvalue weighted by Crippen LogP contribution is -2.31. The van der Waals surface area contributed by atoms with Crippen LogP contribution < -0.4 is 4.90 Å². The van der Waals surface area contributed by atoms with E-state index in [0.717, 1.165) is 22.3 Å². The van der Waals surface area contributed by atoms with Crippen LogP contribution in [0.25, 0.3) is 22.4 Å². The molecule has 5 nitrogen and oxygen atoms in total. The van der Waals surface area contributed by atoms with Gasteiger partial charge in [0.05, 0.1) is 22.2 Å². The fourth-order valence-corrected chi connectivity index (χ4v) is 5.24. The van der Waals surface area contributed by atoms with Gasteiger partial charge in [-0.3, -0.25) is 9.59 Å². The Labute approximate surface area is 208 Å². The number of hydrogen-bond donors (Lipinski definition) is 0. The van der Waals surface area contributed by atoms with E-state index in [9.17, 15) is 14.9 Å². The lowest BCUT2D eigenvalue weighted by molar-refractivity contribution is -0.121. The summed E-state index contributed by atoms with van der Waals surface area (Å²) in [5.74, 6) is -0.543. The van der Waals surface area contributed by atoms with E-state index in [1.165, 1.54) is 16.7 Å². The van der Waals surface area contributed by atoms with Gasteiger partial charge in [-0.15, -0.1) is 0 Å². The fourth-order valence-electron chi connectivity index (χ4n) is 4.11. The van der Waals surface area contributed by atoms with Gasteiger partial charge in [-0.25, -0.2) is 9.88 Å². The molecule has 2 heterocycles. The van der Waals surface area contributed by atoms with Crippen LogP contribution in [0.15, 0.2) is 96.0 Å². The third kappa shape index (κ3) is 4.46. The van der Waals surface area contributed by atoms with Gasteiger partial charge in [-0.1, -0.05) is 90.1 Å². The Morgan fingerprint density at radius 2 is 1.54 bits per heavy atom. The summed E-state index contributed by atoms with van der Waals surface area (Å²) in [4.78, 5) is 32.1. The zero-order chi connectivity index (χ0) is 24.4. The number of carbonyl (C=O) groups is 2. The molecule has 1 atom stereocenters. The van der Waals surface area contributed by atoms with Crippen molar-refractivity contribution in [2.45, 2.75) is 23.6 Å². The Morgan fingerprint density at radius 1 is 0.914 bits per heavy atom. The number of thioether (sulfide) groups is 1. The molecule has 0 saturated carbocycles. The molecule has 2 amide bonds. The molecule has 0 spiro atoms. The smallest absolute Gasteiger partial charge is 0.247 e. The van der Waals surface area contributed by atoms with Crippen LogP contribution in [0.2, 0.25) is 0 Å². The summed E-state index contributed by atoms with van der Waals surface area (Å²) in [7, 11) is 0. The normalized spacial score (nSPS) is 15.3. The predicted molar refractivity (Wildman–Crippen MR) is 138 cm³/mol. The number of hydrogen-bond acceptors (Lipinski definition) is 5. The quantitative estimate of drug-likeness (QED) is 0.330. The summed E-state index contributed by atoms with van der Waals surface area (Å²) in [6, 6.07) is 30.9. The standard InChI is InChI=1S/C29H21N3O2S/c1-19-12-14-22(15-13-19)32-27(33)17-26(29(32)34)35-28-24(18-30)23(20-8-4-2-5-9-20)16-25(31-28)21-10-6-3-7-11-21/h2-16,26H,17H2,1H3. The van der Waals surface area contributed by atoms with Crippen molar-refractivity contribution in [3.8, 4) is 28.5 Å². The average Bonchev–Trinajstić information content (AvgIpc) is 3.17. The predicted octanol–water partition coefficient (Wildman–Crippen LogP) is 6.02. The minimum absolute atomic E-state index is 0.0557. The molecule has 0 radical (unpaired) electrons. The Kier molecular flexibility index (Phi) is 6.17. The number of benzene rings is 3. The summed E-state index contributed by atoms with van der Waals surface area (Å²) in [6.45, 7) is 1.95. The van der Waals surface area contributed by atoms with Crippen LogP contribution in [0.1, 0.15) is 17.5 Å². The minimum Gasteiger partial charge on any atom is -0.274 e. The van der Waals surface area contributed by atoms with Gasteiger partial charge in [-0.2, -0.15) is 5.26 Å². The molecule has 0 bridgehead atoms. The van der Waals surface area contributed by atoms with E-state index in [0.29, 0.717) is 22.0 Å². The molecule has 1 aromatic heterocycles. The Morgan fingerprint density at radius 3 is 2.17 bits per heavy atom. The second-order valence-electron chi connectivity index (χ2n) is 8.29.